The third kappa shape index (κ3) is 2.28. The van der Waals surface area contributed by atoms with Crippen molar-refractivity contribution >= 4 is 31.9 Å². The van der Waals surface area contributed by atoms with E-state index >= 15 is 0 Å². The van der Waals surface area contributed by atoms with Gasteiger partial charge in [-0.2, -0.15) is 0 Å². The number of hydrogen-bond donors (Lipinski definition) is 0. The second kappa shape index (κ2) is 5.18. The van der Waals surface area contributed by atoms with Crippen LogP contribution in [0.1, 0.15) is 31.9 Å². The van der Waals surface area contributed by atoms with Crippen LogP contribution in [0.5, 0.6) is 0 Å². The van der Waals surface area contributed by atoms with Crippen molar-refractivity contribution < 1.29 is 0 Å². The van der Waals surface area contributed by atoms with Crippen LogP contribution in [-0.4, -0.2) is 0 Å². The average Bonchev–Trinajstić information content (AvgIpc) is 2.38. The van der Waals surface area contributed by atoms with Crippen LogP contribution in [0, 0.1) is 0 Å². The largest absolute Gasteiger partial charge is 0.0835 e. The molecule has 0 aliphatic heterocycles. The van der Waals surface area contributed by atoms with E-state index in [-0.39, 0.29) is 0 Å². The van der Waals surface area contributed by atoms with Crippen LogP contribution < -0.4 is 0 Å². The molecule has 0 unspecified atom stereocenters. The predicted octanol–water partition coefficient (Wildman–Crippen LogP) is 5.36. The molecule has 1 aliphatic carbocycles. The number of alkyl halides is 2. The Hall–Kier alpha value is -0.600. The Labute approximate surface area is 125 Å². The van der Waals surface area contributed by atoms with Crippen molar-refractivity contribution in [3.05, 3.63) is 70.8 Å². The lowest BCUT2D eigenvalue weighted by Gasteiger charge is -2.24. The fourth-order valence-corrected chi connectivity index (χ4v) is 4.25. The minimum atomic E-state index is 0.412. The van der Waals surface area contributed by atoms with Gasteiger partial charge in [0.25, 0.3) is 0 Å². The Balaban J connectivity index is 2.09. The molecular formula is C16H14Br2. The highest BCUT2D eigenvalue weighted by Gasteiger charge is 2.22. The maximum absolute atomic E-state index is 3.85. The first kappa shape index (κ1) is 12.4. The number of hydrogen-bond acceptors (Lipinski definition) is 0. The second-order valence-corrected chi connectivity index (χ2v) is 6.95. The third-order valence-electron chi connectivity index (χ3n) is 3.58. The van der Waals surface area contributed by atoms with E-state index in [4.69, 9.17) is 0 Å². The van der Waals surface area contributed by atoms with Gasteiger partial charge in [0.05, 0.1) is 0 Å². The SMILES string of the molecule is Br[C@@H]1Cc2ccccc2[C@H](Br)Cc2ccccc21. The molecule has 0 bridgehead atoms. The van der Waals surface area contributed by atoms with Gasteiger partial charge in [-0.15, -0.1) is 0 Å². The maximum atomic E-state index is 3.85. The van der Waals surface area contributed by atoms with Gasteiger partial charge in [0, 0.05) is 9.65 Å². The summed E-state index contributed by atoms with van der Waals surface area (Å²) in [6, 6.07) is 17.5. The van der Waals surface area contributed by atoms with Gasteiger partial charge in [0.15, 0.2) is 0 Å². The van der Waals surface area contributed by atoms with E-state index in [0.717, 1.165) is 12.8 Å². The van der Waals surface area contributed by atoms with Gasteiger partial charge in [-0.3, -0.25) is 0 Å². The molecule has 0 nitrogen and oxygen atoms in total. The summed E-state index contributed by atoms with van der Waals surface area (Å²) in [6.45, 7) is 0. The minimum absolute atomic E-state index is 0.412. The molecule has 3 rings (SSSR count). The summed E-state index contributed by atoms with van der Waals surface area (Å²) in [4.78, 5) is 0.824. The Morgan fingerprint density at radius 3 is 1.50 bits per heavy atom. The fraction of sp³-hybridized carbons (Fsp3) is 0.250. The third-order valence-corrected chi connectivity index (χ3v) is 5.22. The van der Waals surface area contributed by atoms with Crippen molar-refractivity contribution in [1.82, 2.24) is 0 Å². The lowest BCUT2D eigenvalue weighted by atomic mass is 9.89. The zero-order chi connectivity index (χ0) is 12.5. The molecule has 0 heterocycles. The highest BCUT2D eigenvalue weighted by molar-refractivity contribution is 9.09. The fourth-order valence-electron chi connectivity index (χ4n) is 2.66. The zero-order valence-electron chi connectivity index (χ0n) is 9.94. The molecule has 0 amide bonds. The Morgan fingerprint density at radius 2 is 1.06 bits per heavy atom. The first-order valence-electron chi connectivity index (χ1n) is 6.19. The second-order valence-electron chi connectivity index (χ2n) is 4.74. The van der Waals surface area contributed by atoms with E-state index in [1.807, 2.05) is 0 Å². The summed E-state index contributed by atoms with van der Waals surface area (Å²) in [5.41, 5.74) is 5.74. The van der Waals surface area contributed by atoms with Crippen LogP contribution in [0.3, 0.4) is 0 Å². The quantitative estimate of drug-likeness (QED) is 0.551. The van der Waals surface area contributed by atoms with E-state index < -0.39 is 0 Å². The lowest BCUT2D eigenvalue weighted by molar-refractivity contribution is 0.830. The highest BCUT2D eigenvalue weighted by atomic mass is 79.9. The number of halogens is 2. The first-order valence-corrected chi connectivity index (χ1v) is 8.02. The van der Waals surface area contributed by atoms with E-state index in [9.17, 15) is 0 Å². The van der Waals surface area contributed by atoms with E-state index in [1.54, 1.807) is 0 Å². The molecule has 18 heavy (non-hydrogen) atoms. The standard InChI is InChI=1S/C16H14Br2/c17-15-9-11-5-1-3-7-13(11)16(18)10-12-6-2-4-8-14(12)15/h1-8,15-16H,9-10H2/t15-,16-/m1/s1. The molecular weight excluding hydrogens is 352 g/mol. The van der Waals surface area contributed by atoms with Crippen molar-refractivity contribution in [2.24, 2.45) is 0 Å². The summed E-state index contributed by atoms with van der Waals surface area (Å²) >= 11 is 7.69. The molecule has 2 aromatic rings. The van der Waals surface area contributed by atoms with Gasteiger partial charge in [-0.05, 0) is 35.1 Å². The van der Waals surface area contributed by atoms with Crippen LogP contribution in [0.25, 0.3) is 0 Å². The van der Waals surface area contributed by atoms with Crippen LogP contribution in [0.2, 0.25) is 0 Å². The molecule has 0 aromatic heterocycles. The van der Waals surface area contributed by atoms with Crippen molar-refractivity contribution in [3.63, 3.8) is 0 Å². The molecule has 0 N–H and O–H groups in total. The maximum Gasteiger partial charge on any atom is 0.0438 e. The van der Waals surface area contributed by atoms with Crippen LogP contribution in [0.15, 0.2) is 48.5 Å². The van der Waals surface area contributed by atoms with Gasteiger partial charge < -0.3 is 0 Å². The molecule has 0 saturated carbocycles. The highest BCUT2D eigenvalue weighted by Crippen LogP contribution is 2.39. The van der Waals surface area contributed by atoms with Crippen LogP contribution in [-0.2, 0) is 12.8 Å². The lowest BCUT2D eigenvalue weighted by Crippen LogP contribution is -2.10. The molecule has 0 spiro atoms. The van der Waals surface area contributed by atoms with Gasteiger partial charge >= 0.3 is 0 Å². The Bertz CT molecular complexity index is 511. The van der Waals surface area contributed by atoms with Gasteiger partial charge in [0.1, 0.15) is 0 Å². The van der Waals surface area contributed by atoms with Crippen molar-refractivity contribution in [2.75, 3.05) is 0 Å². The van der Waals surface area contributed by atoms with Crippen LogP contribution >= 0.6 is 31.9 Å². The van der Waals surface area contributed by atoms with Gasteiger partial charge in [0.2, 0.25) is 0 Å². The molecule has 2 heteroatoms. The minimum Gasteiger partial charge on any atom is -0.0835 e. The average molecular weight is 366 g/mol. The smallest absolute Gasteiger partial charge is 0.0438 e. The van der Waals surface area contributed by atoms with Gasteiger partial charge in [-0.1, -0.05) is 80.4 Å². The molecule has 0 radical (unpaired) electrons. The summed E-state index contributed by atoms with van der Waals surface area (Å²) < 4.78 is 0. The zero-order valence-corrected chi connectivity index (χ0v) is 13.1. The van der Waals surface area contributed by atoms with Crippen molar-refractivity contribution in [1.29, 1.82) is 0 Å². The number of benzene rings is 2. The Kier molecular flexibility index (Phi) is 3.58. The van der Waals surface area contributed by atoms with Crippen LogP contribution in [0.4, 0.5) is 0 Å². The Morgan fingerprint density at radius 1 is 0.667 bits per heavy atom. The molecule has 0 fully saturated rings. The van der Waals surface area contributed by atoms with E-state index in [0.29, 0.717) is 9.65 Å². The molecule has 92 valence electrons. The summed E-state index contributed by atoms with van der Waals surface area (Å²) in [5, 5.41) is 0. The topological polar surface area (TPSA) is 0 Å². The normalized spacial score (nSPS) is 22.6. The summed E-state index contributed by atoms with van der Waals surface area (Å²) in [5.74, 6) is 0. The monoisotopic (exact) mass is 364 g/mol. The predicted molar refractivity (Wildman–Crippen MR) is 83.6 cm³/mol. The number of rotatable bonds is 0. The molecule has 0 saturated heterocycles. The van der Waals surface area contributed by atoms with E-state index in [1.165, 1.54) is 22.3 Å². The molecule has 2 aromatic carbocycles. The van der Waals surface area contributed by atoms with Crippen molar-refractivity contribution in [2.45, 2.75) is 22.5 Å². The first-order chi connectivity index (χ1) is 8.75. The summed E-state index contributed by atoms with van der Waals surface area (Å²) in [6.07, 6.45) is 2.10. The summed E-state index contributed by atoms with van der Waals surface area (Å²) in [7, 11) is 0. The molecule has 2 atom stereocenters. The number of fused-ring (bicyclic) bond motifs is 2. The van der Waals surface area contributed by atoms with Gasteiger partial charge in [-0.25, -0.2) is 0 Å². The van der Waals surface area contributed by atoms with E-state index in [2.05, 4.69) is 80.4 Å². The van der Waals surface area contributed by atoms with Crippen molar-refractivity contribution in [3.8, 4) is 0 Å². The molecule has 1 aliphatic rings.